The number of unbranched alkanes of at least 4 members (excludes halogenated alkanes) is 3. The van der Waals surface area contributed by atoms with Gasteiger partial charge in [0.05, 0.1) is 24.4 Å². The van der Waals surface area contributed by atoms with Gasteiger partial charge in [0.15, 0.2) is 6.29 Å². The monoisotopic (exact) mass is 471 g/mol. The molecule has 0 aromatic carbocycles. The van der Waals surface area contributed by atoms with Gasteiger partial charge < -0.3 is 28.8 Å². The summed E-state index contributed by atoms with van der Waals surface area (Å²) in [5.74, 6) is 0. The van der Waals surface area contributed by atoms with Gasteiger partial charge in [-0.2, -0.15) is 0 Å². The molecule has 9 nitrogen and oxygen atoms in total. The molecule has 0 radical (unpaired) electrons. The number of hydrogen-bond donors (Lipinski definition) is 1. The third-order valence-corrected chi connectivity index (χ3v) is 6.40. The van der Waals surface area contributed by atoms with Gasteiger partial charge >= 0.3 is 0 Å². The Morgan fingerprint density at radius 2 is 1.45 bits per heavy atom. The Kier molecular flexibility index (Phi) is 13.6. The minimum absolute atomic E-state index is 0.274. The van der Waals surface area contributed by atoms with Gasteiger partial charge in [0.1, 0.15) is 18.3 Å². The lowest BCUT2D eigenvalue weighted by Gasteiger charge is -2.47. The third-order valence-electron chi connectivity index (χ3n) is 6.40. The van der Waals surface area contributed by atoms with Crippen LogP contribution in [0.3, 0.4) is 0 Å². The fourth-order valence-corrected chi connectivity index (χ4v) is 4.42. The van der Waals surface area contributed by atoms with Crippen LogP contribution in [-0.2, 0) is 23.7 Å². The highest BCUT2D eigenvalue weighted by atomic mass is 16.7. The van der Waals surface area contributed by atoms with Gasteiger partial charge in [-0.15, -0.1) is 0 Å². The Morgan fingerprint density at radius 3 is 2.03 bits per heavy atom. The van der Waals surface area contributed by atoms with E-state index < -0.39 is 30.6 Å². The van der Waals surface area contributed by atoms with E-state index >= 15 is 0 Å². The van der Waals surface area contributed by atoms with Crippen molar-refractivity contribution in [3.8, 4) is 0 Å². The Labute approximate surface area is 199 Å². The summed E-state index contributed by atoms with van der Waals surface area (Å²) in [5.41, 5.74) is 8.99. The molecule has 2 fully saturated rings. The summed E-state index contributed by atoms with van der Waals surface area (Å²) in [4.78, 5) is 2.97. The summed E-state index contributed by atoms with van der Waals surface area (Å²) in [5, 5.41) is 14.5. The number of hydrogen-bond acceptors (Lipinski definition) is 7. The summed E-state index contributed by atoms with van der Waals surface area (Å²) in [6.07, 6.45) is 4.47. The summed E-state index contributed by atoms with van der Waals surface area (Å²) >= 11 is 0. The molecule has 1 saturated heterocycles. The molecule has 0 aromatic rings. The molecule has 1 aliphatic heterocycles. The second-order valence-electron chi connectivity index (χ2n) is 9.15. The number of ether oxygens (including phenoxy) is 5. The SMILES string of the molecule is CCCCOC1C(C)O[C@@H](OC2C(N=[N+]=[N-])CCC[C@H]2O)C(OCCCC)C1OCCCC. The van der Waals surface area contributed by atoms with Gasteiger partial charge in [-0.05, 0) is 44.6 Å². The van der Waals surface area contributed by atoms with Crippen molar-refractivity contribution in [2.75, 3.05) is 19.8 Å². The standard InChI is InChI=1S/C24H45N3O6/c1-5-8-14-29-20-17(4)32-24(33-21-18(26-27-25)12-11-13-19(21)28)23(31-16-10-7-3)22(20)30-15-9-6-2/h17-24,28H,5-16H2,1-4H3/t17?,18?,19-,20?,21?,22?,23?,24+/m1/s1. The van der Waals surface area contributed by atoms with Crippen LogP contribution >= 0.6 is 0 Å². The molecule has 0 amide bonds. The zero-order chi connectivity index (χ0) is 24.1. The van der Waals surface area contributed by atoms with E-state index in [-0.39, 0.29) is 18.3 Å². The first-order valence-electron chi connectivity index (χ1n) is 12.9. The Hall–Kier alpha value is -0.930. The van der Waals surface area contributed by atoms with E-state index in [0.29, 0.717) is 32.7 Å². The average molecular weight is 472 g/mol. The van der Waals surface area contributed by atoms with Crippen molar-refractivity contribution in [3.05, 3.63) is 10.4 Å². The smallest absolute Gasteiger partial charge is 0.187 e. The minimum Gasteiger partial charge on any atom is -0.390 e. The molecule has 0 spiro atoms. The molecule has 0 bridgehead atoms. The topological polar surface area (TPSA) is 115 Å². The molecule has 8 atom stereocenters. The molecule has 1 aliphatic carbocycles. The summed E-state index contributed by atoms with van der Waals surface area (Å²) in [6, 6.07) is -0.438. The largest absolute Gasteiger partial charge is 0.390 e. The van der Waals surface area contributed by atoms with E-state index in [1.165, 1.54) is 0 Å². The lowest BCUT2D eigenvalue weighted by molar-refractivity contribution is -0.331. The zero-order valence-corrected chi connectivity index (χ0v) is 20.9. The third kappa shape index (κ3) is 8.66. The molecule has 192 valence electrons. The van der Waals surface area contributed by atoms with E-state index in [1.54, 1.807) is 0 Å². The average Bonchev–Trinajstić information content (AvgIpc) is 2.80. The van der Waals surface area contributed by atoms with Crippen LogP contribution < -0.4 is 0 Å². The molecule has 9 heteroatoms. The second-order valence-corrected chi connectivity index (χ2v) is 9.15. The van der Waals surface area contributed by atoms with Crippen LogP contribution in [0.2, 0.25) is 0 Å². The predicted octanol–water partition coefficient (Wildman–Crippen LogP) is 4.90. The van der Waals surface area contributed by atoms with E-state index in [9.17, 15) is 5.11 Å². The number of aliphatic hydroxyl groups excluding tert-OH is 1. The molecular formula is C24H45N3O6. The predicted molar refractivity (Wildman–Crippen MR) is 126 cm³/mol. The van der Waals surface area contributed by atoms with E-state index in [1.807, 2.05) is 6.92 Å². The van der Waals surface area contributed by atoms with E-state index in [2.05, 4.69) is 30.8 Å². The van der Waals surface area contributed by atoms with Crippen LogP contribution in [0.5, 0.6) is 0 Å². The molecular weight excluding hydrogens is 426 g/mol. The maximum atomic E-state index is 10.6. The summed E-state index contributed by atoms with van der Waals surface area (Å²) in [6.45, 7) is 10.1. The van der Waals surface area contributed by atoms with Gasteiger partial charge in [-0.1, -0.05) is 51.6 Å². The lowest BCUT2D eigenvalue weighted by atomic mass is 9.90. The maximum absolute atomic E-state index is 10.6. The summed E-state index contributed by atoms with van der Waals surface area (Å²) < 4.78 is 31.5. The van der Waals surface area contributed by atoms with Gasteiger partial charge in [-0.25, -0.2) is 0 Å². The second kappa shape index (κ2) is 15.9. The van der Waals surface area contributed by atoms with Crippen LogP contribution in [0.1, 0.15) is 85.5 Å². The van der Waals surface area contributed by atoms with E-state index in [4.69, 9.17) is 29.2 Å². The molecule has 1 heterocycles. The van der Waals surface area contributed by atoms with Crippen LogP contribution in [0.15, 0.2) is 5.11 Å². The molecule has 2 rings (SSSR count). The minimum atomic E-state index is -0.747. The zero-order valence-electron chi connectivity index (χ0n) is 20.9. The highest BCUT2D eigenvalue weighted by Crippen LogP contribution is 2.33. The Morgan fingerprint density at radius 1 is 0.879 bits per heavy atom. The van der Waals surface area contributed by atoms with Crippen molar-refractivity contribution in [3.63, 3.8) is 0 Å². The van der Waals surface area contributed by atoms with Crippen molar-refractivity contribution >= 4 is 0 Å². The molecule has 2 aliphatic rings. The first-order chi connectivity index (χ1) is 16.1. The fourth-order valence-electron chi connectivity index (χ4n) is 4.42. The van der Waals surface area contributed by atoms with Crippen molar-refractivity contribution in [2.24, 2.45) is 5.11 Å². The highest BCUT2D eigenvalue weighted by Gasteiger charge is 2.49. The Bertz CT molecular complexity index is 576. The normalized spacial score (nSPS) is 34.7. The van der Waals surface area contributed by atoms with Gasteiger partial charge in [0.25, 0.3) is 0 Å². The molecule has 1 saturated carbocycles. The quantitative estimate of drug-likeness (QED) is 0.157. The Balaban J connectivity index is 2.25. The number of aliphatic hydroxyl groups is 1. The van der Waals surface area contributed by atoms with Crippen LogP contribution in [0, 0.1) is 0 Å². The molecule has 33 heavy (non-hydrogen) atoms. The van der Waals surface area contributed by atoms with E-state index in [0.717, 1.165) is 44.9 Å². The number of azide groups is 1. The fraction of sp³-hybridized carbons (Fsp3) is 1.00. The van der Waals surface area contributed by atoms with Crippen molar-refractivity contribution < 1.29 is 28.8 Å². The van der Waals surface area contributed by atoms with Gasteiger partial charge in [-0.3, -0.25) is 0 Å². The molecule has 1 N–H and O–H groups in total. The number of nitrogens with zero attached hydrogens (tertiary/aromatic N) is 3. The first kappa shape index (κ1) is 28.3. The molecule has 6 unspecified atom stereocenters. The van der Waals surface area contributed by atoms with Crippen LogP contribution in [-0.4, -0.2) is 73.9 Å². The first-order valence-corrected chi connectivity index (χ1v) is 12.9. The van der Waals surface area contributed by atoms with Crippen LogP contribution in [0.25, 0.3) is 10.4 Å². The lowest BCUT2D eigenvalue weighted by Crippen LogP contribution is -2.62. The highest BCUT2D eigenvalue weighted by molar-refractivity contribution is 4.94. The van der Waals surface area contributed by atoms with Gasteiger partial charge in [0.2, 0.25) is 0 Å². The molecule has 0 aromatic heterocycles. The van der Waals surface area contributed by atoms with Crippen molar-refractivity contribution in [2.45, 2.75) is 134 Å². The van der Waals surface area contributed by atoms with Crippen molar-refractivity contribution in [1.82, 2.24) is 0 Å². The van der Waals surface area contributed by atoms with Gasteiger partial charge in [0, 0.05) is 24.7 Å². The van der Waals surface area contributed by atoms with Crippen LogP contribution in [0.4, 0.5) is 0 Å². The number of rotatable bonds is 15. The van der Waals surface area contributed by atoms with Crippen molar-refractivity contribution in [1.29, 1.82) is 0 Å². The summed E-state index contributed by atoms with van der Waals surface area (Å²) in [7, 11) is 0. The maximum Gasteiger partial charge on any atom is 0.187 e.